The first-order valence-corrected chi connectivity index (χ1v) is 5.83. The molecule has 2 rings (SSSR count). The first-order valence-electron chi connectivity index (χ1n) is 5.83. The molecule has 5 heteroatoms. The van der Waals surface area contributed by atoms with Crippen LogP contribution in [0.1, 0.15) is 24.9 Å². The standard InChI is InChI=1S/C12H17N3O2/c1-8-4-6-15(11(8)12(16)17)7-10-3-5-13-9(2)14-10/h3,5,8,11H,4,6-7H2,1-2H3,(H,16,17). The minimum Gasteiger partial charge on any atom is -0.480 e. The highest BCUT2D eigenvalue weighted by molar-refractivity contribution is 5.74. The molecule has 1 fully saturated rings. The predicted octanol–water partition coefficient (Wildman–Crippen LogP) is 1.08. The average molecular weight is 235 g/mol. The SMILES string of the molecule is Cc1nccc(CN2CCC(C)C2C(=O)O)n1. The molecule has 92 valence electrons. The van der Waals surface area contributed by atoms with Crippen molar-refractivity contribution in [1.82, 2.24) is 14.9 Å². The van der Waals surface area contributed by atoms with E-state index in [9.17, 15) is 9.90 Å². The molecule has 0 saturated carbocycles. The fraction of sp³-hybridized carbons (Fsp3) is 0.583. The molecule has 1 saturated heterocycles. The van der Waals surface area contributed by atoms with E-state index >= 15 is 0 Å². The van der Waals surface area contributed by atoms with Crippen molar-refractivity contribution in [3.8, 4) is 0 Å². The number of hydrogen-bond acceptors (Lipinski definition) is 4. The van der Waals surface area contributed by atoms with E-state index in [2.05, 4.69) is 9.97 Å². The summed E-state index contributed by atoms with van der Waals surface area (Å²) >= 11 is 0. The molecule has 0 aromatic carbocycles. The highest BCUT2D eigenvalue weighted by atomic mass is 16.4. The predicted molar refractivity (Wildman–Crippen MR) is 62.4 cm³/mol. The van der Waals surface area contributed by atoms with Crippen LogP contribution in [0.5, 0.6) is 0 Å². The summed E-state index contributed by atoms with van der Waals surface area (Å²) in [4.78, 5) is 21.5. The largest absolute Gasteiger partial charge is 0.480 e. The van der Waals surface area contributed by atoms with Gasteiger partial charge in [0.1, 0.15) is 11.9 Å². The quantitative estimate of drug-likeness (QED) is 0.849. The Kier molecular flexibility index (Phi) is 3.38. The Morgan fingerprint density at radius 1 is 1.65 bits per heavy atom. The van der Waals surface area contributed by atoms with Gasteiger partial charge in [-0.2, -0.15) is 0 Å². The van der Waals surface area contributed by atoms with Crippen molar-refractivity contribution in [1.29, 1.82) is 0 Å². The van der Waals surface area contributed by atoms with E-state index in [4.69, 9.17) is 0 Å². The highest BCUT2D eigenvalue weighted by Crippen LogP contribution is 2.25. The second kappa shape index (κ2) is 4.79. The zero-order valence-electron chi connectivity index (χ0n) is 10.1. The number of aliphatic carboxylic acids is 1. The number of carboxylic acids is 1. The van der Waals surface area contributed by atoms with Crippen molar-refractivity contribution in [2.24, 2.45) is 5.92 Å². The minimum absolute atomic E-state index is 0.204. The van der Waals surface area contributed by atoms with Crippen LogP contribution < -0.4 is 0 Å². The summed E-state index contributed by atoms with van der Waals surface area (Å²) in [6, 6.07) is 1.46. The number of nitrogens with zero attached hydrogens (tertiary/aromatic N) is 3. The van der Waals surface area contributed by atoms with Gasteiger partial charge in [-0.3, -0.25) is 9.69 Å². The van der Waals surface area contributed by atoms with Crippen molar-refractivity contribution < 1.29 is 9.90 Å². The third-order valence-corrected chi connectivity index (χ3v) is 3.26. The summed E-state index contributed by atoms with van der Waals surface area (Å²) in [5, 5.41) is 9.21. The fourth-order valence-corrected chi connectivity index (χ4v) is 2.40. The Labute approximate surface area is 100 Å². The summed E-state index contributed by atoms with van der Waals surface area (Å²) in [6.45, 7) is 5.24. The molecule has 1 N–H and O–H groups in total. The zero-order valence-corrected chi connectivity index (χ0v) is 10.1. The number of aryl methyl sites for hydroxylation is 1. The number of carbonyl (C=O) groups is 1. The van der Waals surface area contributed by atoms with Gasteiger partial charge in [-0.05, 0) is 31.9 Å². The smallest absolute Gasteiger partial charge is 0.321 e. The molecule has 2 heterocycles. The van der Waals surface area contributed by atoms with Gasteiger partial charge in [0.25, 0.3) is 0 Å². The fourth-order valence-electron chi connectivity index (χ4n) is 2.40. The lowest BCUT2D eigenvalue weighted by Crippen LogP contribution is -2.38. The van der Waals surface area contributed by atoms with Crippen molar-refractivity contribution in [2.45, 2.75) is 32.9 Å². The van der Waals surface area contributed by atoms with Crippen LogP contribution in [0.4, 0.5) is 0 Å². The van der Waals surface area contributed by atoms with Crippen LogP contribution in [0.3, 0.4) is 0 Å². The molecule has 1 aliphatic rings. The Hall–Kier alpha value is -1.49. The van der Waals surface area contributed by atoms with Gasteiger partial charge in [0.15, 0.2) is 0 Å². The van der Waals surface area contributed by atoms with E-state index in [1.807, 2.05) is 24.8 Å². The Balaban J connectivity index is 2.11. The van der Waals surface area contributed by atoms with Gasteiger partial charge >= 0.3 is 5.97 Å². The average Bonchev–Trinajstić information content (AvgIpc) is 2.59. The zero-order chi connectivity index (χ0) is 12.4. The number of aromatic nitrogens is 2. The normalized spacial score (nSPS) is 25.1. The minimum atomic E-state index is -0.735. The molecule has 0 amide bonds. The molecule has 0 aliphatic carbocycles. The van der Waals surface area contributed by atoms with Gasteiger partial charge in [0.05, 0.1) is 5.69 Å². The lowest BCUT2D eigenvalue weighted by Gasteiger charge is -2.22. The maximum absolute atomic E-state index is 11.2. The molecule has 0 bridgehead atoms. The molecule has 0 radical (unpaired) electrons. The number of hydrogen-bond donors (Lipinski definition) is 1. The first-order chi connectivity index (χ1) is 8.08. The van der Waals surface area contributed by atoms with E-state index in [-0.39, 0.29) is 12.0 Å². The van der Waals surface area contributed by atoms with Crippen LogP contribution >= 0.6 is 0 Å². The molecule has 2 atom stereocenters. The third kappa shape index (κ3) is 2.61. The Bertz CT molecular complexity index is 422. The van der Waals surface area contributed by atoms with E-state index in [0.717, 1.165) is 24.5 Å². The summed E-state index contributed by atoms with van der Waals surface area (Å²) in [5.41, 5.74) is 0.887. The van der Waals surface area contributed by atoms with Gasteiger partial charge in [-0.1, -0.05) is 6.92 Å². The van der Waals surface area contributed by atoms with E-state index in [1.165, 1.54) is 0 Å². The topological polar surface area (TPSA) is 66.3 Å². The molecule has 1 aliphatic heterocycles. The lowest BCUT2D eigenvalue weighted by molar-refractivity contribution is -0.143. The monoisotopic (exact) mass is 235 g/mol. The maximum atomic E-state index is 11.2. The molecule has 17 heavy (non-hydrogen) atoms. The molecular weight excluding hydrogens is 218 g/mol. The Morgan fingerprint density at radius 3 is 3.06 bits per heavy atom. The van der Waals surface area contributed by atoms with Crippen molar-refractivity contribution in [3.63, 3.8) is 0 Å². The third-order valence-electron chi connectivity index (χ3n) is 3.26. The van der Waals surface area contributed by atoms with Crippen LogP contribution in [-0.2, 0) is 11.3 Å². The van der Waals surface area contributed by atoms with E-state index in [0.29, 0.717) is 6.54 Å². The van der Waals surface area contributed by atoms with Gasteiger partial charge < -0.3 is 5.11 Å². The maximum Gasteiger partial charge on any atom is 0.321 e. The van der Waals surface area contributed by atoms with Gasteiger partial charge in [0, 0.05) is 12.7 Å². The van der Waals surface area contributed by atoms with Crippen molar-refractivity contribution >= 4 is 5.97 Å². The first kappa shape index (κ1) is 12.0. The number of carboxylic acid groups (broad SMARTS) is 1. The summed E-state index contributed by atoms with van der Waals surface area (Å²) in [6.07, 6.45) is 2.65. The molecule has 1 aromatic rings. The molecular formula is C12H17N3O2. The van der Waals surface area contributed by atoms with E-state index < -0.39 is 5.97 Å². The molecule has 5 nitrogen and oxygen atoms in total. The van der Waals surface area contributed by atoms with Gasteiger partial charge in [-0.25, -0.2) is 9.97 Å². The second-order valence-electron chi connectivity index (χ2n) is 4.61. The van der Waals surface area contributed by atoms with Crippen LogP contribution in [-0.4, -0.2) is 38.5 Å². The number of likely N-dealkylation sites (tertiary alicyclic amines) is 1. The highest BCUT2D eigenvalue weighted by Gasteiger charge is 2.36. The molecule has 1 aromatic heterocycles. The summed E-state index contributed by atoms with van der Waals surface area (Å²) in [7, 11) is 0. The van der Waals surface area contributed by atoms with Crippen LogP contribution in [0.25, 0.3) is 0 Å². The molecule has 2 unspecified atom stereocenters. The van der Waals surface area contributed by atoms with E-state index in [1.54, 1.807) is 6.20 Å². The van der Waals surface area contributed by atoms with Gasteiger partial charge in [0.2, 0.25) is 0 Å². The summed E-state index contributed by atoms with van der Waals surface area (Å²) < 4.78 is 0. The number of rotatable bonds is 3. The van der Waals surface area contributed by atoms with Gasteiger partial charge in [-0.15, -0.1) is 0 Å². The van der Waals surface area contributed by atoms with Crippen LogP contribution in [0.2, 0.25) is 0 Å². The second-order valence-corrected chi connectivity index (χ2v) is 4.61. The summed E-state index contributed by atoms with van der Waals surface area (Å²) in [5.74, 6) is 0.192. The lowest BCUT2D eigenvalue weighted by atomic mass is 10.0. The van der Waals surface area contributed by atoms with Crippen molar-refractivity contribution in [3.05, 3.63) is 23.8 Å². The van der Waals surface area contributed by atoms with Crippen LogP contribution in [0.15, 0.2) is 12.3 Å². The van der Waals surface area contributed by atoms with Crippen LogP contribution in [0, 0.1) is 12.8 Å². The molecule has 0 spiro atoms. The Morgan fingerprint density at radius 2 is 2.41 bits per heavy atom. The van der Waals surface area contributed by atoms with Crippen molar-refractivity contribution in [2.75, 3.05) is 6.54 Å².